The van der Waals surface area contributed by atoms with E-state index in [1.54, 1.807) is 30.8 Å². The van der Waals surface area contributed by atoms with Crippen LogP contribution in [0, 0.1) is 0 Å². The number of aromatic nitrogens is 2. The maximum atomic E-state index is 13.4. The van der Waals surface area contributed by atoms with Crippen LogP contribution in [0.1, 0.15) is 16.1 Å². The standard InChI is InChI=1S/C26H23ClN4O5S2/c1-30(2)18-28-38(35,36)24-11-7-6-10-23(24)37(33,34)21-14-12-19(13-15-21)16-31-22(17-32)25(27)29-26(31)20-8-4-3-5-9-20/h3-15,17-18H,16H2,1-2H3. The van der Waals surface area contributed by atoms with Gasteiger partial charge in [-0.25, -0.2) is 13.4 Å². The molecule has 4 rings (SSSR count). The third-order valence-electron chi connectivity index (χ3n) is 5.51. The van der Waals surface area contributed by atoms with Crippen LogP contribution < -0.4 is 0 Å². The van der Waals surface area contributed by atoms with Gasteiger partial charge in [0.05, 0.1) is 9.79 Å². The third-order valence-corrected chi connectivity index (χ3v) is 9.03. The van der Waals surface area contributed by atoms with Crippen molar-refractivity contribution < 1.29 is 21.6 Å². The van der Waals surface area contributed by atoms with Gasteiger partial charge in [-0.1, -0.05) is 66.2 Å². The number of sulfone groups is 1. The minimum atomic E-state index is -4.27. The molecule has 1 heterocycles. The van der Waals surface area contributed by atoms with E-state index in [0.717, 1.165) is 11.9 Å². The highest BCUT2D eigenvalue weighted by atomic mass is 35.5. The molecule has 0 bridgehead atoms. The Bertz CT molecular complexity index is 1720. The van der Waals surface area contributed by atoms with Crippen LogP contribution in [0.15, 0.2) is 97.9 Å². The lowest BCUT2D eigenvalue weighted by Crippen LogP contribution is -2.13. The lowest BCUT2D eigenvalue weighted by Gasteiger charge is -2.12. The number of hydrogen-bond acceptors (Lipinski definition) is 6. The van der Waals surface area contributed by atoms with E-state index in [1.807, 2.05) is 30.3 Å². The number of benzene rings is 3. The maximum absolute atomic E-state index is 13.4. The maximum Gasteiger partial charge on any atom is 0.284 e. The van der Waals surface area contributed by atoms with E-state index in [9.17, 15) is 21.6 Å². The van der Waals surface area contributed by atoms with Crippen LogP contribution in [0.25, 0.3) is 11.4 Å². The fourth-order valence-electron chi connectivity index (χ4n) is 3.70. The molecule has 196 valence electrons. The zero-order chi connectivity index (χ0) is 27.5. The average molecular weight is 571 g/mol. The monoisotopic (exact) mass is 570 g/mol. The average Bonchev–Trinajstić information content (AvgIpc) is 3.23. The van der Waals surface area contributed by atoms with Crippen LogP contribution >= 0.6 is 11.6 Å². The van der Waals surface area contributed by atoms with Crippen LogP contribution in [0.5, 0.6) is 0 Å². The molecule has 1 aromatic heterocycles. The number of rotatable bonds is 9. The van der Waals surface area contributed by atoms with Gasteiger partial charge in [0.15, 0.2) is 11.4 Å². The van der Waals surface area contributed by atoms with Crippen molar-refractivity contribution in [1.29, 1.82) is 0 Å². The molecule has 0 saturated heterocycles. The van der Waals surface area contributed by atoms with Gasteiger partial charge >= 0.3 is 0 Å². The largest absolute Gasteiger partial charge is 0.368 e. The Labute approximate surface area is 226 Å². The van der Waals surface area contributed by atoms with E-state index in [0.29, 0.717) is 17.7 Å². The molecule has 12 heteroatoms. The Balaban J connectivity index is 1.70. The Kier molecular flexibility index (Phi) is 7.81. The SMILES string of the molecule is CN(C)C=NS(=O)(=O)c1ccccc1S(=O)(=O)c1ccc(Cn2c(-c3ccccc3)nc(Cl)c2C=O)cc1. The third kappa shape index (κ3) is 5.54. The van der Waals surface area contributed by atoms with Gasteiger partial charge in [-0.15, -0.1) is 4.40 Å². The van der Waals surface area contributed by atoms with Gasteiger partial charge in [0.1, 0.15) is 22.8 Å². The molecule has 9 nitrogen and oxygen atoms in total. The number of nitrogens with zero attached hydrogens (tertiary/aromatic N) is 4. The zero-order valence-electron chi connectivity index (χ0n) is 20.4. The van der Waals surface area contributed by atoms with E-state index < -0.39 is 24.8 Å². The van der Waals surface area contributed by atoms with E-state index in [1.165, 1.54) is 41.3 Å². The van der Waals surface area contributed by atoms with Crippen LogP contribution in [0.2, 0.25) is 5.15 Å². The number of carbonyl (C=O) groups is 1. The molecule has 3 aromatic carbocycles. The highest BCUT2D eigenvalue weighted by molar-refractivity contribution is 7.94. The van der Waals surface area contributed by atoms with Crippen molar-refractivity contribution in [3.05, 3.63) is 95.3 Å². The summed E-state index contributed by atoms with van der Waals surface area (Å²) < 4.78 is 57.6. The lowest BCUT2D eigenvalue weighted by atomic mass is 10.2. The molecule has 0 aliphatic rings. The van der Waals surface area contributed by atoms with Crippen molar-refractivity contribution in [2.75, 3.05) is 14.1 Å². The fraction of sp³-hybridized carbons (Fsp3) is 0.115. The van der Waals surface area contributed by atoms with Crippen LogP contribution in [0.4, 0.5) is 0 Å². The predicted molar refractivity (Wildman–Crippen MR) is 145 cm³/mol. The summed E-state index contributed by atoms with van der Waals surface area (Å²) in [5.74, 6) is 0.492. The van der Waals surface area contributed by atoms with E-state index >= 15 is 0 Å². The highest BCUT2D eigenvalue weighted by Crippen LogP contribution is 2.30. The molecule has 0 atom stereocenters. The molecule has 0 amide bonds. The summed E-state index contributed by atoms with van der Waals surface area (Å²) in [7, 11) is -5.28. The van der Waals surface area contributed by atoms with Gasteiger partial charge in [0, 0.05) is 26.2 Å². The van der Waals surface area contributed by atoms with Gasteiger partial charge in [0.25, 0.3) is 10.0 Å². The summed E-state index contributed by atoms with van der Waals surface area (Å²) in [6.07, 6.45) is 1.71. The Hall–Kier alpha value is -3.80. The zero-order valence-corrected chi connectivity index (χ0v) is 22.8. The van der Waals surface area contributed by atoms with Crippen LogP contribution in [-0.4, -0.2) is 58.0 Å². The smallest absolute Gasteiger partial charge is 0.284 e. The summed E-state index contributed by atoms with van der Waals surface area (Å²) >= 11 is 6.21. The van der Waals surface area contributed by atoms with Crippen LogP contribution in [-0.2, 0) is 26.4 Å². The summed E-state index contributed by atoms with van der Waals surface area (Å²) in [5, 5.41) is 0.0628. The fourth-order valence-corrected chi connectivity index (χ4v) is 6.91. The Morgan fingerprint density at radius 2 is 1.50 bits per heavy atom. The van der Waals surface area contributed by atoms with Crippen molar-refractivity contribution in [2.45, 2.75) is 21.2 Å². The second-order valence-electron chi connectivity index (χ2n) is 8.44. The summed E-state index contributed by atoms with van der Waals surface area (Å²) in [6, 6.07) is 20.5. The molecule has 0 spiro atoms. The van der Waals surface area contributed by atoms with Gasteiger partial charge < -0.3 is 9.47 Å². The molecular formula is C26H23ClN4O5S2. The quantitative estimate of drug-likeness (QED) is 0.168. The Morgan fingerprint density at radius 1 is 0.895 bits per heavy atom. The van der Waals surface area contributed by atoms with Gasteiger partial charge in [0.2, 0.25) is 9.84 Å². The molecule has 0 radical (unpaired) electrons. The number of carbonyl (C=O) groups excluding carboxylic acids is 1. The molecule has 0 N–H and O–H groups in total. The van der Waals surface area contributed by atoms with Gasteiger partial charge in [-0.2, -0.15) is 8.42 Å². The molecule has 38 heavy (non-hydrogen) atoms. The minimum absolute atomic E-state index is 0.0628. The highest BCUT2D eigenvalue weighted by Gasteiger charge is 2.27. The Morgan fingerprint density at radius 3 is 2.11 bits per heavy atom. The van der Waals surface area contributed by atoms with Crippen molar-refractivity contribution in [2.24, 2.45) is 4.40 Å². The number of halogens is 1. The van der Waals surface area contributed by atoms with E-state index in [2.05, 4.69) is 9.38 Å². The predicted octanol–water partition coefficient (Wildman–Crippen LogP) is 4.18. The molecule has 0 aliphatic heterocycles. The number of aldehydes is 1. The van der Waals surface area contributed by atoms with Crippen molar-refractivity contribution in [1.82, 2.24) is 14.5 Å². The molecule has 4 aromatic rings. The molecule has 0 unspecified atom stereocenters. The van der Waals surface area contributed by atoms with E-state index in [-0.39, 0.29) is 27.2 Å². The minimum Gasteiger partial charge on any atom is -0.368 e. The van der Waals surface area contributed by atoms with Crippen LogP contribution in [0.3, 0.4) is 0 Å². The van der Waals surface area contributed by atoms with Crippen molar-refractivity contribution in [3.63, 3.8) is 0 Å². The number of sulfonamides is 1. The number of hydrogen-bond donors (Lipinski definition) is 0. The topological polar surface area (TPSA) is 119 Å². The molecule has 0 fully saturated rings. The molecule has 0 saturated carbocycles. The first-order valence-corrected chi connectivity index (χ1v) is 14.5. The summed E-state index contributed by atoms with van der Waals surface area (Å²) in [5.41, 5.74) is 1.63. The first-order chi connectivity index (χ1) is 18.0. The van der Waals surface area contributed by atoms with Gasteiger partial charge in [-0.3, -0.25) is 4.79 Å². The summed E-state index contributed by atoms with van der Waals surface area (Å²) in [4.78, 5) is 16.6. The van der Waals surface area contributed by atoms with Crippen molar-refractivity contribution in [3.8, 4) is 11.4 Å². The first kappa shape index (κ1) is 27.2. The normalized spacial score (nSPS) is 12.1. The van der Waals surface area contributed by atoms with Crippen molar-refractivity contribution >= 4 is 44.1 Å². The lowest BCUT2D eigenvalue weighted by molar-refractivity contribution is 0.111. The number of imidazole rings is 1. The van der Waals surface area contributed by atoms with Gasteiger partial charge in [-0.05, 0) is 29.8 Å². The van der Waals surface area contributed by atoms with E-state index in [4.69, 9.17) is 11.6 Å². The first-order valence-electron chi connectivity index (χ1n) is 11.2. The molecule has 0 aliphatic carbocycles. The second kappa shape index (κ2) is 10.9. The second-order valence-corrected chi connectivity index (χ2v) is 12.3. The molecular weight excluding hydrogens is 548 g/mol. The summed E-state index contributed by atoms with van der Waals surface area (Å²) in [6.45, 7) is 0.197.